The van der Waals surface area contributed by atoms with Crippen molar-refractivity contribution in [2.75, 3.05) is 5.32 Å². The minimum absolute atomic E-state index is 0.0944. The van der Waals surface area contributed by atoms with E-state index in [0.29, 0.717) is 11.3 Å². The molecule has 1 unspecified atom stereocenters. The van der Waals surface area contributed by atoms with Crippen LogP contribution in [0, 0.1) is 6.92 Å². The topological polar surface area (TPSA) is 92.4 Å². The highest BCUT2D eigenvalue weighted by molar-refractivity contribution is 7.89. The summed E-state index contributed by atoms with van der Waals surface area (Å²) in [4.78, 5) is 0.0944. The highest BCUT2D eigenvalue weighted by atomic mass is 32.2. The molecule has 0 aliphatic carbocycles. The highest BCUT2D eigenvalue weighted by Crippen LogP contribution is 2.27. The third-order valence-corrected chi connectivity index (χ3v) is 4.33. The second-order valence-electron chi connectivity index (χ2n) is 4.95. The molecule has 2 rings (SSSR count). The monoisotopic (exact) mass is 306 g/mol. The third-order valence-electron chi connectivity index (χ3n) is 3.28. The van der Waals surface area contributed by atoms with Gasteiger partial charge in [0.05, 0.1) is 10.9 Å². The minimum atomic E-state index is -3.75. The van der Waals surface area contributed by atoms with Crippen molar-refractivity contribution in [2.45, 2.75) is 24.8 Å². The first kappa shape index (κ1) is 15.3. The van der Waals surface area contributed by atoms with Crippen LogP contribution >= 0.6 is 0 Å². The number of anilines is 1. The number of rotatable bonds is 4. The van der Waals surface area contributed by atoms with Gasteiger partial charge in [-0.25, -0.2) is 13.6 Å². The summed E-state index contributed by atoms with van der Waals surface area (Å²) in [5, 5.41) is 18.2. The Hall–Kier alpha value is -2.05. The van der Waals surface area contributed by atoms with Crippen molar-refractivity contribution in [1.29, 1.82) is 0 Å². The van der Waals surface area contributed by atoms with Crippen LogP contribution in [0.5, 0.6) is 5.75 Å². The lowest BCUT2D eigenvalue weighted by Gasteiger charge is -2.17. The van der Waals surface area contributed by atoms with Crippen LogP contribution in [0.3, 0.4) is 0 Å². The largest absolute Gasteiger partial charge is 0.508 e. The lowest BCUT2D eigenvalue weighted by atomic mass is 10.1. The Morgan fingerprint density at radius 2 is 1.86 bits per heavy atom. The van der Waals surface area contributed by atoms with E-state index in [1.54, 1.807) is 31.2 Å². The molecule has 0 radical (unpaired) electrons. The van der Waals surface area contributed by atoms with E-state index >= 15 is 0 Å². The minimum Gasteiger partial charge on any atom is -0.508 e. The summed E-state index contributed by atoms with van der Waals surface area (Å²) in [6.45, 7) is 3.57. The number of nitrogens with one attached hydrogen (secondary N) is 1. The quantitative estimate of drug-likeness (QED) is 0.809. The number of aromatic hydroxyl groups is 1. The van der Waals surface area contributed by atoms with E-state index in [0.717, 1.165) is 5.56 Å². The Labute approximate surface area is 124 Å². The fourth-order valence-corrected chi connectivity index (χ4v) is 2.99. The van der Waals surface area contributed by atoms with Gasteiger partial charge in [0.15, 0.2) is 0 Å². The Balaban J connectivity index is 2.31. The van der Waals surface area contributed by atoms with E-state index in [2.05, 4.69) is 5.32 Å². The number of hydrogen-bond acceptors (Lipinski definition) is 4. The molecule has 5 nitrogen and oxygen atoms in total. The number of hydrogen-bond donors (Lipinski definition) is 3. The zero-order chi connectivity index (χ0) is 15.6. The Bertz CT molecular complexity index is 757. The van der Waals surface area contributed by atoms with Crippen LogP contribution < -0.4 is 10.5 Å². The van der Waals surface area contributed by atoms with Crippen LogP contribution in [0.4, 0.5) is 5.69 Å². The number of sulfonamides is 1. The summed E-state index contributed by atoms with van der Waals surface area (Å²) in [5.74, 6) is 0.191. The van der Waals surface area contributed by atoms with Gasteiger partial charge in [-0.05, 0) is 37.6 Å². The van der Waals surface area contributed by atoms with Crippen LogP contribution in [0.25, 0.3) is 0 Å². The fraction of sp³-hybridized carbons (Fsp3) is 0.200. The van der Waals surface area contributed by atoms with Gasteiger partial charge in [-0.1, -0.05) is 24.3 Å². The number of phenols is 1. The molecule has 0 aliphatic heterocycles. The molecule has 0 saturated carbocycles. The summed E-state index contributed by atoms with van der Waals surface area (Å²) in [6, 6.07) is 11.8. The second-order valence-corrected chi connectivity index (χ2v) is 6.48. The molecule has 0 saturated heterocycles. The first-order valence-corrected chi connectivity index (χ1v) is 8.01. The second kappa shape index (κ2) is 5.75. The molecule has 2 aromatic carbocycles. The summed E-state index contributed by atoms with van der Waals surface area (Å²) in [5.41, 5.74) is 1.95. The zero-order valence-corrected chi connectivity index (χ0v) is 12.7. The van der Waals surface area contributed by atoms with Gasteiger partial charge < -0.3 is 10.4 Å². The van der Waals surface area contributed by atoms with Crippen LogP contribution in [0.2, 0.25) is 0 Å². The van der Waals surface area contributed by atoms with Gasteiger partial charge in [0, 0.05) is 11.3 Å². The molecule has 0 amide bonds. The van der Waals surface area contributed by atoms with Crippen LogP contribution in [0.1, 0.15) is 24.1 Å². The number of phenolic OH excluding ortho intramolecular Hbond substituents is 1. The lowest BCUT2D eigenvalue weighted by Crippen LogP contribution is -2.14. The normalized spacial score (nSPS) is 12.9. The maximum Gasteiger partial charge on any atom is 0.238 e. The van der Waals surface area contributed by atoms with Gasteiger partial charge in [-0.2, -0.15) is 0 Å². The predicted octanol–water partition coefficient (Wildman–Crippen LogP) is 2.52. The fourth-order valence-electron chi connectivity index (χ4n) is 2.18. The van der Waals surface area contributed by atoms with Gasteiger partial charge in [-0.3, -0.25) is 0 Å². The molecule has 0 aromatic heterocycles. The van der Waals surface area contributed by atoms with Gasteiger partial charge in [0.2, 0.25) is 10.0 Å². The van der Waals surface area contributed by atoms with E-state index < -0.39 is 10.0 Å². The van der Waals surface area contributed by atoms with E-state index in [9.17, 15) is 13.5 Å². The van der Waals surface area contributed by atoms with Crippen LogP contribution in [-0.4, -0.2) is 13.5 Å². The molecule has 6 heteroatoms. The SMILES string of the molecule is Cc1ccc(NC(C)c2ccccc2O)cc1S(N)(=O)=O. The van der Waals surface area contributed by atoms with E-state index in [-0.39, 0.29) is 16.7 Å². The maximum absolute atomic E-state index is 11.5. The number of primary sulfonamides is 1. The van der Waals surface area contributed by atoms with Crippen LogP contribution in [0.15, 0.2) is 47.4 Å². The molecule has 112 valence electrons. The first-order valence-electron chi connectivity index (χ1n) is 6.47. The third kappa shape index (κ3) is 3.53. The number of nitrogens with two attached hydrogens (primary N) is 1. The average molecular weight is 306 g/mol. The standard InChI is InChI=1S/C15H18N2O3S/c1-10-7-8-12(9-15(10)21(16,19)20)17-11(2)13-5-3-4-6-14(13)18/h3-9,11,17-18H,1-2H3,(H2,16,19,20). The summed E-state index contributed by atoms with van der Waals surface area (Å²) in [7, 11) is -3.75. The van der Waals surface area contributed by atoms with Crippen molar-refractivity contribution in [3.05, 3.63) is 53.6 Å². The Morgan fingerprint density at radius 1 is 1.19 bits per heavy atom. The van der Waals surface area contributed by atoms with E-state index in [1.165, 1.54) is 6.07 Å². The molecule has 1 atom stereocenters. The molecule has 21 heavy (non-hydrogen) atoms. The van der Waals surface area contributed by atoms with Gasteiger partial charge >= 0.3 is 0 Å². The van der Waals surface area contributed by atoms with Gasteiger partial charge in [0.1, 0.15) is 5.75 Å². The van der Waals surface area contributed by atoms with Crippen LogP contribution in [-0.2, 0) is 10.0 Å². The van der Waals surface area contributed by atoms with E-state index in [1.807, 2.05) is 19.1 Å². The van der Waals surface area contributed by atoms with E-state index in [4.69, 9.17) is 5.14 Å². The predicted molar refractivity (Wildman–Crippen MR) is 82.7 cm³/mol. The molecular formula is C15H18N2O3S. The van der Waals surface area contributed by atoms with Crippen molar-refractivity contribution in [3.8, 4) is 5.75 Å². The van der Waals surface area contributed by atoms with Crippen molar-refractivity contribution in [1.82, 2.24) is 0 Å². The molecule has 0 aliphatic rings. The lowest BCUT2D eigenvalue weighted by molar-refractivity contribution is 0.465. The maximum atomic E-state index is 11.5. The first-order chi connectivity index (χ1) is 9.79. The summed E-state index contributed by atoms with van der Waals surface area (Å²) >= 11 is 0. The summed E-state index contributed by atoms with van der Waals surface area (Å²) in [6.07, 6.45) is 0. The van der Waals surface area contributed by atoms with Crippen molar-refractivity contribution < 1.29 is 13.5 Å². The smallest absolute Gasteiger partial charge is 0.238 e. The molecule has 0 spiro atoms. The molecule has 0 heterocycles. The molecular weight excluding hydrogens is 288 g/mol. The molecule has 4 N–H and O–H groups in total. The molecule has 2 aromatic rings. The summed E-state index contributed by atoms with van der Waals surface area (Å²) < 4.78 is 23.1. The van der Waals surface area contributed by atoms with Gasteiger partial charge in [0.25, 0.3) is 0 Å². The average Bonchev–Trinajstić information content (AvgIpc) is 2.40. The molecule has 0 bridgehead atoms. The van der Waals surface area contributed by atoms with Crippen molar-refractivity contribution in [2.24, 2.45) is 5.14 Å². The number of para-hydroxylation sites is 1. The number of benzene rings is 2. The van der Waals surface area contributed by atoms with Crippen molar-refractivity contribution in [3.63, 3.8) is 0 Å². The Kier molecular flexibility index (Phi) is 4.20. The number of aryl methyl sites for hydroxylation is 1. The van der Waals surface area contributed by atoms with Gasteiger partial charge in [-0.15, -0.1) is 0 Å². The van der Waals surface area contributed by atoms with Crippen molar-refractivity contribution >= 4 is 15.7 Å². The zero-order valence-electron chi connectivity index (χ0n) is 11.9. The molecule has 0 fully saturated rings. The Morgan fingerprint density at radius 3 is 2.48 bits per heavy atom. The highest BCUT2D eigenvalue weighted by Gasteiger charge is 2.14.